The lowest BCUT2D eigenvalue weighted by atomic mass is 10.2. The Labute approximate surface area is 82.1 Å². The van der Waals surface area contributed by atoms with Gasteiger partial charge in [-0.05, 0) is 36.0 Å². The largest absolute Gasteiger partial charge is 0.311 e. The third-order valence-corrected chi connectivity index (χ3v) is 2.60. The second kappa shape index (κ2) is 5.51. The third-order valence-electron chi connectivity index (χ3n) is 1.50. The zero-order valence-electron chi connectivity index (χ0n) is 7.24. The summed E-state index contributed by atoms with van der Waals surface area (Å²) in [5, 5.41) is 0. The molecule has 0 saturated heterocycles. The van der Waals surface area contributed by atoms with Crippen LogP contribution in [0.5, 0.6) is 0 Å². The molecule has 0 aliphatic heterocycles. The van der Waals surface area contributed by atoms with E-state index in [1.54, 1.807) is 11.8 Å². The maximum absolute atomic E-state index is 5.20. The topological polar surface area (TPSA) is 9.23 Å². The summed E-state index contributed by atoms with van der Waals surface area (Å²) in [5.41, 5.74) is 1.22. The molecule has 3 heteroatoms. The molecule has 1 aromatic carbocycles. The van der Waals surface area contributed by atoms with Crippen molar-refractivity contribution in [1.29, 1.82) is 0 Å². The van der Waals surface area contributed by atoms with E-state index in [1.807, 2.05) is 6.26 Å². The highest BCUT2D eigenvalue weighted by molar-refractivity contribution is 7.98. The Morgan fingerprint density at radius 1 is 1.17 bits per heavy atom. The molecule has 0 aromatic heterocycles. The summed E-state index contributed by atoms with van der Waals surface area (Å²) in [7, 11) is 0. The molecule has 0 saturated carbocycles. The molecular formula is C9H12OS2. The molecule has 1 nitrogen and oxygen atoms in total. The summed E-state index contributed by atoms with van der Waals surface area (Å²) in [6, 6.07) is 8.43. The van der Waals surface area contributed by atoms with Gasteiger partial charge in [0, 0.05) is 11.2 Å². The van der Waals surface area contributed by atoms with Gasteiger partial charge < -0.3 is 4.18 Å². The van der Waals surface area contributed by atoms with E-state index in [1.165, 1.54) is 22.5 Å². The molecule has 0 aliphatic carbocycles. The van der Waals surface area contributed by atoms with Crippen LogP contribution in [0.15, 0.2) is 29.2 Å². The van der Waals surface area contributed by atoms with Crippen molar-refractivity contribution in [2.45, 2.75) is 11.5 Å². The minimum absolute atomic E-state index is 0.690. The quantitative estimate of drug-likeness (QED) is 0.545. The molecule has 0 heterocycles. The number of thioether (sulfide) groups is 1. The molecule has 0 radical (unpaired) electrons. The van der Waals surface area contributed by atoms with E-state index < -0.39 is 0 Å². The van der Waals surface area contributed by atoms with E-state index in [0.717, 1.165) is 0 Å². The van der Waals surface area contributed by atoms with Gasteiger partial charge in [-0.15, -0.1) is 11.8 Å². The van der Waals surface area contributed by atoms with Crippen molar-refractivity contribution in [3.05, 3.63) is 29.8 Å². The van der Waals surface area contributed by atoms with Crippen LogP contribution in [0, 0.1) is 0 Å². The van der Waals surface area contributed by atoms with Crippen molar-refractivity contribution in [2.75, 3.05) is 12.5 Å². The predicted molar refractivity (Wildman–Crippen MR) is 56.5 cm³/mol. The van der Waals surface area contributed by atoms with Gasteiger partial charge in [0.1, 0.15) is 0 Å². The van der Waals surface area contributed by atoms with Crippen molar-refractivity contribution in [1.82, 2.24) is 0 Å². The summed E-state index contributed by atoms with van der Waals surface area (Å²) in [6.07, 6.45) is 4.00. The van der Waals surface area contributed by atoms with Crippen LogP contribution in [0.25, 0.3) is 0 Å². The highest BCUT2D eigenvalue weighted by Gasteiger charge is 1.92. The first kappa shape index (κ1) is 9.96. The van der Waals surface area contributed by atoms with Crippen LogP contribution < -0.4 is 0 Å². The smallest absolute Gasteiger partial charge is 0.0864 e. The van der Waals surface area contributed by atoms with E-state index in [9.17, 15) is 0 Å². The summed E-state index contributed by atoms with van der Waals surface area (Å²) in [4.78, 5) is 1.29. The van der Waals surface area contributed by atoms with Gasteiger partial charge in [0.2, 0.25) is 0 Å². The summed E-state index contributed by atoms with van der Waals surface area (Å²) < 4.78 is 5.20. The monoisotopic (exact) mass is 200 g/mol. The lowest BCUT2D eigenvalue weighted by Gasteiger charge is -2.00. The fraction of sp³-hybridized carbons (Fsp3) is 0.333. The molecular weight excluding hydrogens is 188 g/mol. The lowest BCUT2D eigenvalue weighted by Crippen LogP contribution is -1.84. The van der Waals surface area contributed by atoms with Crippen molar-refractivity contribution >= 4 is 23.8 Å². The van der Waals surface area contributed by atoms with E-state index in [4.69, 9.17) is 4.18 Å². The van der Waals surface area contributed by atoms with Crippen LogP contribution in [-0.4, -0.2) is 12.5 Å². The van der Waals surface area contributed by atoms with Crippen molar-refractivity contribution in [2.24, 2.45) is 0 Å². The van der Waals surface area contributed by atoms with Crippen LogP contribution in [0.2, 0.25) is 0 Å². The molecule has 0 bridgehead atoms. The van der Waals surface area contributed by atoms with Crippen LogP contribution in [0.4, 0.5) is 0 Å². The van der Waals surface area contributed by atoms with E-state index in [0.29, 0.717) is 6.61 Å². The predicted octanol–water partition coefficient (Wildman–Crippen LogP) is 3.20. The van der Waals surface area contributed by atoms with Crippen LogP contribution in [-0.2, 0) is 10.8 Å². The van der Waals surface area contributed by atoms with Crippen LogP contribution in [0.3, 0.4) is 0 Å². The summed E-state index contributed by atoms with van der Waals surface area (Å²) >= 11 is 3.16. The summed E-state index contributed by atoms with van der Waals surface area (Å²) in [6.45, 7) is 0.690. The molecule has 66 valence electrons. The second-order valence-corrected chi connectivity index (χ2v) is 3.73. The van der Waals surface area contributed by atoms with Crippen molar-refractivity contribution in [3.8, 4) is 0 Å². The molecule has 0 amide bonds. The van der Waals surface area contributed by atoms with E-state index in [2.05, 4.69) is 30.5 Å². The molecule has 0 fully saturated rings. The van der Waals surface area contributed by atoms with Gasteiger partial charge in [-0.3, -0.25) is 0 Å². The van der Waals surface area contributed by atoms with Gasteiger partial charge >= 0.3 is 0 Å². The van der Waals surface area contributed by atoms with Gasteiger partial charge in [0.25, 0.3) is 0 Å². The van der Waals surface area contributed by atoms with E-state index >= 15 is 0 Å². The number of hydrogen-bond acceptors (Lipinski definition) is 3. The molecule has 0 aliphatic rings. The molecule has 0 unspecified atom stereocenters. The first-order valence-corrected chi connectivity index (χ1v) is 6.03. The number of rotatable bonds is 4. The fourth-order valence-electron chi connectivity index (χ4n) is 0.849. The molecule has 1 rings (SSSR count). The Bertz CT molecular complexity index is 220. The minimum atomic E-state index is 0.690. The van der Waals surface area contributed by atoms with Gasteiger partial charge in [0.05, 0.1) is 6.61 Å². The SMILES string of the molecule is CSOCc1ccc(SC)cc1. The minimum Gasteiger partial charge on any atom is -0.311 e. The van der Waals surface area contributed by atoms with Crippen LogP contribution >= 0.6 is 23.8 Å². The molecule has 0 atom stereocenters. The Kier molecular flexibility index (Phi) is 4.58. The third kappa shape index (κ3) is 3.09. The maximum atomic E-state index is 5.20. The first-order valence-electron chi connectivity index (χ1n) is 3.65. The Hall–Kier alpha value is -0.120. The average molecular weight is 200 g/mol. The second-order valence-electron chi connectivity index (χ2n) is 2.28. The molecule has 12 heavy (non-hydrogen) atoms. The van der Waals surface area contributed by atoms with Gasteiger partial charge in [-0.2, -0.15) is 0 Å². The van der Waals surface area contributed by atoms with Gasteiger partial charge in [-0.1, -0.05) is 12.1 Å². The first-order chi connectivity index (χ1) is 5.86. The standard InChI is InChI=1S/C9H12OS2/c1-11-9-5-3-8(4-6-9)7-10-12-2/h3-6H,7H2,1-2H3. The Morgan fingerprint density at radius 2 is 1.83 bits per heavy atom. The average Bonchev–Trinajstić information content (AvgIpc) is 2.15. The molecule has 0 N–H and O–H groups in total. The van der Waals surface area contributed by atoms with Crippen molar-refractivity contribution < 1.29 is 4.18 Å². The Morgan fingerprint density at radius 3 is 2.33 bits per heavy atom. The molecule has 0 spiro atoms. The number of benzene rings is 1. The highest BCUT2D eigenvalue weighted by atomic mass is 32.2. The van der Waals surface area contributed by atoms with Gasteiger partial charge in [-0.25, -0.2) is 0 Å². The van der Waals surface area contributed by atoms with E-state index in [-0.39, 0.29) is 0 Å². The molecule has 1 aromatic rings. The maximum Gasteiger partial charge on any atom is 0.0864 e. The zero-order valence-corrected chi connectivity index (χ0v) is 8.87. The fourth-order valence-corrected chi connectivity index (χ4v) is 1.51. The Balaban J connectivity index is 2.53. The highest BCUT2D eigenvalue weighted by Crippen LogP contribution is 2.15. The lowest BCUT2D eigenvalue weighted by molar-refractivity contribution is 0.366. The summed E-state index contributed by atoms with van der Waals surface area (Å²) in [5.74, 6) is 0. The number of hydrogen-bond donors (Lipinski definition) is 0. The zero-order chi connectivity index (χ0) is 8.81. The van der Waals surface area contributed by atoms with Gasteiger partial charge in [0.15, 0.2) is 0 Å². The normalized spacial score (nSPS) is 10.2. The van der Waals surface area contributed by atoms with Crippen molar-refractivity contribution in [3.63, 3.8) is 0 Å². The van der Waals surface area contributed by atoms with Crippen LogP contribution in [0.1, 0.15) is 5.56 Å².